The maximum Gasteiger partial charge on any atom is 0.381 e. The molecule has 0 fully saturated rings. The van der Waals surface area contributed by atoms with Crippen LogP contribution in [0.1, 0.15) is 19.4 Å². The Hall–Kier alpha value is -3.48. The Balaban J connectivity index is 2.05. The minimum atomic E-state index is -1.27. The topological polar surface area (TPSA) is 87.3 Å². The van der Waals surface area contributed by atoms with Crippen LogP contribution in [0.25, 0.3) is 11.1 Å². The fourth-order valence-corrected chi connectivity index (χ4v) is 2.91. The molecule has 0 saturated heterocycles. The average molecular weight is 365 g/mol. The Morgan fingerprint density at radius 1 is 1.15 bits per heavy atom. The smallest absolute Gasteiger partial charge is 0.381 e. The van der Waals surface area contributed by atoms with Gasteiger partial charge < -0.3 is 14.9 Å². The quantitative estimate of drug-likeness (QED) is 0.377. The lowest BCUT2D eigenvalue weighted by molar-refractivity contribution is -0.389. The highest BCUT2D eigenvalue weighted by Gasteiger charge is 2.40. The second-order valence-corrected chi connectivity index (χ2v) is 6.13. The monoisotopic (exact) mass is 365 g/mol. The van der Waals surface area contributed by atoms with Crippen LogP contribution in [0, 0.1) is 10.1 Å². The number of imidazole rings is 1. The number of carbonyl (C=O) groups is 1. The second-order valence-electron chi connectivity index (χ2n) is 6.13. The van der Waals surface area contributed by atoms with Crippen LogP contribution < -0.4 is 0 Å². The molecule has 0 amide bonds. The molecule has 0 aliphatic carbocycles. The third-order valence-electron chi connectivity index (χ3n) is 4.50. The number of esters is 1. The van der Waals surface area contributed by atoms with Gasteiger partial charge in [0.05, 0.1) is 6.61 Å². The van der Waals surface area contributed by atoms with E-state index < -0.39 is 16.4 Å². The largest absolute Gasteiger partial charge is 0.464 e. The van der Waals surface area contributed by atoms with Crippen LogP contribution in [0.5, 0.6) is 0 Å². The van der Waals surface area contributed by atoms with Gasteiger partial charge in [0.15, 0.2) is 5.54 Å². The van der Waals surface area contributed by atoms with Gasteiger partial charge in [-0.2, -0.15) is 0 Å². The van der Waals surface area contributed by atoms with Crippen LogP contribution >= 0.6 is 0 Å². The Bertz CT molecular complexity index is 951. The molecule has 7 heteroatoms. The number of hydrogen-bond donors (Lipinski definition) is 0. The lowest BCUT2D eigenvalue weighted by atomic mass is 9.90. The van der Waals surface area contributed by atoms with E-state index in [1.807, 2.05) is 54.6 Å². The van der Waals surface area contributed by atoms with E-state index in [0.29, 0.717) is 5.56 Å². The van der Waals surface area contributed by atoms with Crippen molar-refractivity contribution in [1.82, 2.24) is 9.55 Å². The molecule has 1 atom stereocenters. The zero-order valence-electron chi connectivity index (χ0n) is 15.0. The maximum absolute atomic E-state index is 12.8. The van der Waals surface area contributed by atoms with E-state index in [0.717, 1.165) is 11.1 Å². The molecule has 2 aromatic carbocycles. The molecule has 7 nitrogen and oxygen atoms in total. The third kappa shape index (κ3) is 3.44. The lowest BCUT2D eigenvalue weighted by Gasteiger charge is -2.28. The summed E-state index contributed by atoms with van der Waals surface area (Å²) >= 11 is 0. The summed E-state index contributed by atoms with van der Waals surface area (Å²) in [5.41, 5.74) is 1.43. The Labute approximate surface area is 156 Å². The van der Waals surface area contributed by atoms with Gasteiger partial charge >= 0.3 is 11.8 Å². The molecular formula is C20H19N3O4. The minimum Gasteiger partial charge on any atom is -0.464 e. The van der Waals surface area contributed by atoms with Crippen LogP contribution in [0.2, 0.25) is 0 Å². The molecule has 0 saturated carbocycles. The first kappa shape index (κ1) is 18.3. The lowest BCUT2D eigenvalue weighted by Crippen LogP contribution is -2.41. The van der Waals surface area contributed by atoms with Gasteiger partial charge in [-0.05, 0) is 40.4 Å². The highest BCUT2D eigenvalue weighted by atomic mass is 16.6. The van der Waals surface area contributed by atoms with Gasteiger partial charge in [0.1, 0.15) is 6.20 Å². The average Bonchev–Trinajstić information content (AvgIpc) is 3.19. The van der Waals surface area contributed by atoms with Crippen molar-refractivity contribution in [2.45, 2.75) is 19.4 Å². The SMILES string of the molecule is CCOC(=O)C(C)(c1ccc(-c2ccccc2)cc1)n1cnc([N+](=O)[O-])c1. The van der Waals surface area contributed by atoms with Gasteiger partial charge in [0.25, 0.3) is 0 Å². The van der Waals surface area contributed by atoms with Crippen LogP contribution in [0.15, 0.2) is 67.1 Å². The predicted octanol–water partition coefficient (Wildman–Crippen LogP) is 3.78. The zero-order valence-corrected chi connectivity index (χ0v) is 15.0. The van der Waals surface area contributed by atoms with E-state index in [2.05, 4.69) is 4.98 Å². The number of carbonyl (C=O) groups excluding carboxylic acids is 1. The van der Waals surface area contributed by atoms with Gasteiger partial charge in [-0.3, -0.25) is 4.57 Å². The van der Waals surface area contributed by atoms with E-state index in [9.17, 15) is 14.9 Å². The highest BCUT2D eigenvalue weighted by molar-refractivity contribution is 5.83. The van der Waals surface area contributed by atoms with Crippen LogP contribution in [-0.4, -0.2) is 27.1 Å². The van der Waals surface area contributed by atoms with Crippen molar-refractivity contribution in [2.24, 2.45) is 0 Å². The van der Waals surface area contributed by atoms with E-state index in [-0.39, 0.29) is 12.4 Å². The molecule has 1 aromatic heterocycles. The molecule has 1 heterocycles. The van der Waals surface area contributed by atoms with E-state index >= 15 is 0 Å². The summed E-state index contributed by atoms with van der Waals surface area (Å²) in [5, 5.41) is 11.0. The Morgan fingerprint density at radius 2 is 1.78 bits per heavy atom. The molecule has 27 heavy (non-hydrogen) atoms. The first-order valence-corrected chi connectivity index (χ1v) is 8.49. The van der Waals surface area contributed by atoms with Crippen molar-refractivity contribution in [2.75, 3.05) is 6.61 Å². The second kappa shape index (κ2) is 7.41. The van der Waals surface area contributed by atoms with Crippen molar-refractivity contribution in [1.29, 1.82) is 0 Å². The fraction of sp³-hybridized carbons (Fsp3) is 0.200. The van der Waals surface area contributed by atoms with Crippen molar-refractivity contribution in [3.63, 3.8) is 0 Å². The van der Waals surface area contributed by atoms with E-state index in [1.165, 1.54) is 17.1 Å². The molecule has 0 radical (unpaired) electrons. The summed E-state index contributed by atoms with van der Waals surface area (Å²) < 4.78 is 6.66. The first-order chi connectivity index (χ1) is 13.0. The van der Waals surface area contributed by atoms with Gasteiger partial charge in [-0.1, -0.05) is 54.6 Å². The number of nitro groups is 1. The first-order valence-electron chi connectivity index (χ1n) is 8.49. The number of rotatable bonds is 6. The molecule has 3 aromatic rings. The minimum absolute atomic E-state index is 0.202. The molecule has 0 spiro atoms. The molecule has 0 aliphatic rings. The van der Waals surface area contributed by atoms with Crippen LogP contribution in [-0.2, 0) is 15.1 Å². The highest BCUT2D eigenvalue weighted by Crippen LogP contribution is 2.31. The molecule has 0 N–H and O–H groups in total. The molecule has 0 bridgehead atoms. The van der Waals surface area contributed by atoms with Crippen molar-refractivity contribution in [3.8, 4) is 11.1 Å². The number of hydrogen-bond acceptors (Lipinski definition) is 5. The van der Waals surface area contributed by atoms with E-state index in [4.69, 9.17) is 4.74 Å². The van der Waals surface area contributed by atoms with Gasteiger partial charge in [-0.15, -0.1) is 0 Å². The van der Waals surface area contributed by atoms with E-state index in [1.54, 1.807) is 13.8 Å². The standard InChI is InChI=1S/C20H19N3O4/c1-3-27-19(24)20(2,22-13-18(21-14-22)23(25)26)17-11-9-16(10-12-17)15-7-5-4-6-8-15/h4-14H,3H2,1-2H3. The summed E-state index contributed by atoms with van der Waals surface area (Å²) in [4.78, 5) is 26.9. The van der Waals surface area contributed by atoms with Gasteiger partial charge in [0, 0.05) is 0 Å². The molecular weight excluding hydrogens is 346 g/mol. The van der Waals surface area contributed by atoms with Crippen molar-refractivity contribution < 1.29 is 14.5 Å². The summed E-state index contributed by atoms with van der Waals surface area (Å²) in [6, 6.07) is 17.3. The van der Waals surface area contributed by atoms with Gasteiger partial charge in [-0.25, -0.2) is 4.79 Å². The molecule has 0 aliphatic heterocycles. The predicted molar refractivity (Wildman–Crippen MR) is 100 cm³/mol. The Kier molecular flexibility index (Phi) is 5.03. The van der Waals surface area contributed by atoms with Crippen LogP contribution in [0.4, 0.5) is 5.82 Å². The van der Waals surface area contributed by atoms with Gasteiger partial charge in [0.2, 0.25) is 6.33 Å². The molecule has 1 unspecified atom stereocenters. The number of benzene rings is 2. The molecule has 3 rings (SSSR count). The number of nitrogens with zero attached hydrogens (tertiary/aromatic N) is 3. The number of aromatic nitrogens is 2. The summed E-state index contributed by atoms with van der Waals surface area (Å²) in [7, 11) is 0. The molecule has 138 valence electrons. The maximum atomic E-state index is 12.8. The normalized spacial score (nSPS) is 13.0. The zero-order chi connectivity index (χ0) is 19.4. The number of ether oxygens (including phenoxy) is 1. The Morgan fingerprint density at radius 3 is 2.33 bits per heavy atom. The third-order valence-corrected chi connectivity index (χ3v) is 4.50. The fourth-order valence-electron chi connectivity index (χ4n) is 2.91. The van der Waals surface area contributed by atoms with Crippen molar-refractivity contribution >= 4 is 11.8 Å². The summed E-state index contributed by atoms with van der Waals surface area (Å²) in [6.07, 6.45) is 2.52. The summed E-state index contributed by atoms with van der Waals surface area (Å²) in [5.74, 6) is -0.837. The summed E-state index contributed by atoms with van der Waals surface area (Å²) in [6.45, 7) is 3.58. The van der Waals surface area contributed by atoms with Crippen LogP contribution in [0.3, 0.4) is 0 Å². The van der Waals surface area contributed by atoms with Crippen molar-refractivity contribution in [3.05, 3.63) is 82.8 Å².